The molecule has 30 heavy (non-hydrogen) atoms. The van der Waals surface area contributed by atoms with E-state index in [-0.39, 0.29) is 23.1 Å². The largest absolute Gasteiger partial charge is 0.543 e. The molecule has 3 rings (SSSR count). The molecular weight excluding hydrogens is 402 g/mol. The molecular formula is C22H29NO6Si. The molecule has 0 amide bonds. The zero-order valence-corrected chi connectivity index (χ0v) is 19.1. The van der Waals surface area contributed by atoms with Crippen molar-refractivity contribution in [2.75, 3.05) is 13.2 Å². The quantitative estimate of drug-likeness (QED) is 0.631. The molecule has 0 radical (unpaired) electrons. The Morgan fingerprint density at radius 3 is 2.57 bits per heavy atom. The number of hydrogen-bond acceptors (Lipinski definition) is 6. The van der Waals surface area contributed by atoms with Crippen LogP contribution in [0.4, 0.5) is 0 Å². The average Bonchev–Trinajstić information content (AvgIpc) is 3.19. The fourth-order valence-corrected chi connectivity index (χ4v) is 3.83. The van der Waals surface area contributed by atoms with Gasteiger partial charge in [-0.25, -0.2) is 9.78 Å². The van der Waals surface area contributed by atoms with Crippen LogP contribution >= 0.6 is 0 Å². The van der Waals surface area contributed by atoms with Crippen LogP contribution in [0.3, 0.4) is 0 Å². The Morgan fingerprint density at radius 2 is 1.93 bits per heavy atom. The summed E-state index contributed by atoms with van der Waals surface area (Å²) in [6, 6.07) is 8.61. The lowest BCUT2D eigenvalue weighted by atomic mass is 10.1. The number of ether oxygens (including phenoxy) is 3. The van der Waals surface area contributed by atoms with E-state index in [1.807, 2.05) is 18.2 Å². The summed E-state index contributed by atoms with van der Waals surface area (Å²) in [5.74, 6) is -0.0490. The second kappa shape index (κ2) is 8.75. The Balaban J connectivity index is 1.90. The number of aromatic carboxylic acids is 1. The molecule has 0 aliphatic carbocycles. The number of hydrogen-bond donors (Lipinski definition) is 1. The third-order valence-corrected chi connectivity index (χ3v) is 9.89. The monoisotopic (exact) mass is 431 g/mol. The van der Waals surface area contributed by atoms with E-state index in [2.05, 4.69) is 38.8 Å². The van der Waals surface area contributed by atoms with E-state index < -0.39 is 20.6 Å². The number of carboxylic acids is 1. The summed E-state index contributed by atoms with van der Waals surface area (Å²) in [6.45, 7) is 12.2. The van der Waals surface area contributed by atoms with Crippen molar-refractivity contribution in [2.45, 2.75) is 51.8 Å². The van der Waals surface area contributed by atoms with Crippen molar-refractivity contribution >= 4 is 14.3 Å². The summed E-state index contributed by atoms with van der Waals surface area (Å²) in [6.07, 6.45) is 0.891. The molecule has 0 unspecified atom stereocenters. The van der Waals surface area contributed by atoms with Crippen LogP contribution in [0.1, 0.15) is 48.5 Å². The lowest BCUT2D eigenvalue weighted by Crippen LogP contribution is -2.44. The van der Waals surface area contributed by atoms with E-state index in [4.69, 9.17) is 23.7 Å². The molecule has 0 bridgehead atoms. The second-order valence-electron chi connectivity index (χ2n) is 8.74. The Bertz CT molecular complexity index is 903. The maximum absolute atomic E-state index is 11.2. The standard InChI is InChI=1S/C22H29NO6Si/c1-22(2,3)30(4,5)29-17-8-6-7-16(19(17)21-26-11-12-27-21)14-28-18-13-15(20(24)25)9-10-23-18/h6-10,13,21H,11-12,14H2,1-5H3,(H,24,25). The first kappa shape index (κ1) is 22.3. The zero-order chi connectivity index (χ0) is 21.9. The van der Waals surface area contributed by atoms with Crippen LogP contribution in [-0.2, 0) is 16.1 Å². The lowest BCUT2D eigenvalue weighted by Gasteiger charge is -2.37. The molecule has 1 aromatic heterocycles. The van der Waals surface area contributed by atoms with Crippen LogP contribution < -0.4 is 9.16 Å². The molecule has 0 atom stereocenters. The van der Waals surface area contributed by atoms with Gasteiger partial charge in [-0.05, 0) is 30.3 Å². The highest BCUT2D eigenvalue weighted by atomic mass is 28.4. The summed E-state index contributed by atoms with van der Waals surface area (Å²) in [5, 5.41) is 9.20. The normalized spacial score (nSPS) is 15.2. The molecule has 1 aliphatic heterocycles. The minimum atomic E-state index is -2.09. The van der Waals surface area contributed by atoms with E-state index in [0.29, 0.717) is 13.2 Å². The Morgan fingerprint density at radius 1 is 1.23 bits per heavy atom. The number of rotatable bonds is 7. The molecule has 0 saturated carbocycles. The predicted octanol–water partition coefficient (Wildman–Crippen LogP) is 4.79. The van der Waals surface area contributed by atoms with Gasteiger partial charge in [0, 0.05) is 17.8 Å². The van der Waals surface area contributed by atoms with E-state index in [0.717, 1.165) is 16.9 Å². The first-order chi connectivity index (χ1) is 14.1. The molecule has 7 nitrogen and oxygen atoms in total. The summed E-state index contributed by atoms with van der Waals surface area (Å²) in [4.78, 5) is 15.3. The minimum Gasteiger partial charge on any atom is -0.543 e. The summed E-state index contributed by atoms with van der Waals surface area (Å²) in [5.41, 5.74) is 1.78. The van der Waals surface area contributed by atoms with E-state index in [1.165, 1.54) is 18.3 Å². The fourth-order valence-electron chi connectivity index (χ4n) is 2.80. The van der Waals surface area contributed by atoms with Crippen LogP contribution in [-0.4, -0.2) is 37.6 Å². The van der Waals surface area contributed by atoms with Gasteiger partial charge in [0.1, 0.15) is 12.4 Å². The van der Waals surface area contributed by atoms with Crippen LogP contribution in [0.15, 0.2) is 36.5 Å². The molecule has 1 saturated heterocycles. The van der Waals surface area contributed by atoms with Crippen molar-refractivity contribution in [1.82, 2.24) is 4.98 Å². The van der Waals surface area contributed by atoms with Gasteiger partial charge < -0.3 is 23.7 Å². The van der Waals surface area contributed by atoms with E-state index in [9.17, 15) is 4.79 Å². The van der Waals surface area contributed by atoms with E-state index in [1.54, 1.807) is 0 Å². The van der Waals surface area contributed by atoms with Crippen molar-refractivity contribution in [2.24, 2.45) is 0 Å². The van der Waals surface area contributed by atoms with Crippen molar-refractivity contribution < 1.29 is 28.5 Å². The van der Waals surface area contributed by atoms with Crippen LogP contribution in [0.25, 0.3) is 0 Å². The smallest absolute Gasteiger partial charge is 0.335 e. The SMILES string of the molecule is CC(C)(C)[Si](C)(C)Oc1cccc(COc2cc(C(=O)O)ccn2)c1C1OCCO1. The third-order valence-electron chi connectivity index (χ3n) is 5.54. The molecule has 1 N–H and O–H groups in total. The highest BCUT2D eigenvalue weighted by Crippen LogP contribution is 2.41. The first-order valence-corrected chi connectivity index (χ1v) is 12.9. The maximum atomic E-state index is 11.2. The Kier molecular flexibility index (Phi) is 6.49. The fraction of sp³-hybridized carbons (Fsp3) is 0.455. The number of benzene rings is 1. The number of carbonyl (C=O) groups is 1. The molecule has 0 spiro atoms. The van der Waals surface area contributed by atoms with Crippen LogP contribution in [0, 0.1) is 0 Å². The van der Waals surface area contributed by atoms with Crippen LogP contribution in [0.2, 0.25) is 18.1 Å². The second-order valence-corrected chi connectivity index (χ2v) is 13.5. The van der Waals surface area contributed by atoms with Gasteiger partial charge in [0.2, 0.25) is 14.2 Å². The Hall–Kier alpha value is -2.42. The summed E-state index contributed by atoms with van der Waals surface area (Å²) < 4.78 is 24.0. The van der Waals surface area contributed by atoms with Gasteiger partial charge in [-0.2, -0.15) is 0 Å². The van der Waals surface area contributed by atoms with Gasteiger partial charge in [-0.15, -0.1) is 0 Å². The molecule has 8 heteroatoms. The van der Waals surface area contributed by atoms with Gasteiger partial charge in [0.05, 0.1) is 24.3 Å². The highest BCUT2D eigenvalue weighted by molar-refractivity contribution is 6.74. The highest BCUT2D eigenvalue weighted by Gasteiger charge is 2.40. The average molecular weight is 432 g/mol. The topological polar surface area (TPSA) is 87.1 Å². The molecule has 2 heterocycles. The third kappa shape index (κ3) is 5.00. The summed E-state index contributed by atoms with van der Waals surface area (Å²) in [7, 11) is -2.09. The molecule has 1 aliphatic rings. The molecule has 162 valence electrons. The van der Waals surface area contributed by atoms with Crippen molar-refractivity contribution in [1.29, 1.82) is 0 Å². The van der Waals surface area contributed by atoms with Crippen molar-refractivity contribution in [3.63, 3.8) is 0 Å². The predicted molar refractivity (Wildman–Crippen MR) is 114 cm³/mol. The van der Waals surface area contributed by atoms with Crippen molar-refractivity contribution in [3.8, 4) is 11.6 Å². The van der Waals surface area contributed by atoms with Crippen LogP contribution in [0.5, 0.6) is 11.6 Å². The number of pyridine rings is 1. The van der Waals surface area contributed by atoms with Crippen molar-refractivity contribution in [3.05, 3.63) is 53.2 Å². The summed E-state index contributed by atoms with van der Waals surface area (Å²) >= 11 is 0. The molecule has 2 aromatic rings. The molecule has 1 fully saturated rings. The van der Waals surface area contributed by atoms with Gasteiger partial charge >= 0.3 is 5.97 Å². The van der Waals surface area contributed by atoms with Gasteiger partial charge in [-0.1, -0.05) is 32.9 Å². The lowest BCUT2D eigenvalue weighted by molar-refractivity contribution is -0.0461. The zero-order valence-electron chi connectivity index (χ0n) is 18.1. The van der Waals surface area contributed by atoms with Gasteiger partial charge in [0.25, 0.3) is 0 Å². The minimum absolute atomic E-state index is 0.0371. The number of carboxylic acid groups (broad SMARTS) is 1. The maximum Gasteiger partial charge on any atom is 0.335 e. The molecule has 1 aromatic carbocycles. The van der Waals surface area contributed by atoms with Gasteiger partial charge in [-0.3, -0.25) is 0 Å². The number of nitrogens with zero attached hydrogens (tertiary/aromatic N) is 1. The first-order valence-electron chi connectivity index (χ1n) is 9.94. The van der Waals surface area contributed by atoms with Gasteiger partial charge in [0.15, 0.2) is 6.29 Å². The Labute approximate surface area is 178 Å². The number of aromatic nitrogens is 1. The van der Waals surface area contributed by atoms with E-state index >= 15 is 0 Å².